The maximum atomic E-state index is 13.2. The second kappa shape index (κ2) is 8.04. The molecule has 0 bridgehead atoms. The van der Waals surface area contributed by atoms with Crippen LogP contribution in [0.1, 0.15) is 42.9 Å². The van der Waals surface area contributed by atoms with Crippen molar-refractivity contribution in [3.8, 4) is 0 Å². The Morgan fingerprint density at radius 2 is 1.92 bits per heavy atom. The summed E-state index contributed by atoms with van der Waals surface area (Å²) in [5.41, 5.74) is 1.69. The highest BCUT2D eigenvalue weighted by Crippen LogP contribution is 2.25. The average molecular weight is 326 g/mol. The minimum absolute atomic E-state index is 0.000777. The van der Waals surface area contributed by atoms with Gasteiger partial charge in [-0.25, -0.2) is 4.39 Å². The number of halogens is 1. The molecule has 24 heavy (non-hydrogen) atoms. The molecule has 0 spiro atoms. The number of aromatic nitrogens is 1. The Kier molecular flexibility index (Phi) is 5.57. The number of carbonyl (C=O) groups excluding carboxylic acids is 1. The number of hydrogen-bond acceptors (Lipinski definition) is 2. The number of rotatable bonds is 6. The average Bonchev–Trinajstić information content (AvgIpc) is 3.13. The van der Waals surface area contributed by atoms with Gasteiger partial charge in [-0.1, -0.05) is 31.0 Å². The van der Waals surface area contributed by atoms with Crippen LogP contribution < -0.4 is 5.32 Å². The maximum Gasteiger partial charge on any atom is 0.227 e. The summed E-state index contributed by atoms with van der Waals surface area (Å²) in [6, 6.07) is 11.9. The van der Waals surface area contributed by atoms with Crippen LogP contribution in [0.5, 0.6) is 0 Å². The quantitative estimate of drug-likeness (QED) is 0.876. The van der Waals surface area contributed by atoms with Gasteiger partial charge < -0.3 is 5.32 Å². The van der Waals surface area contributed by atoms with Crippen molar-refractivity contribution in [1.29, 1.82) is 0 Å². The zero-order chi connectivity index (χ0) is 16.8. The first-order chi connectivity index (χ1) is 11.7. The molecule has 0 aliphatic heterocycles. The molecule has 1 unspecified atom stereocenters. The lowest BCUT2D eigenvalue weighted by Gasteiger charge is -2.19. The van der Waals surface area contributed by atoms with E-state index in [-0.39, 0.29) is 17.6 Å². The van der Waals surface area contributed by atoms with Crippen LogP contribution in [-0.2, 0) is 11.2 Å². The van der Waals surface area contributed by atoms with Crippen molar-refractivity contribution in [3.63, 3.8) is 0 Å². The summed E-state index contributed by atoms with van der Waals surface area (Å²) in [5.74, 6) is -0.0413. The van der Waals surface area contributed by atoms with Gasteiger partial charge in [-0.2, -0.15) is 0 Å². The van der Waals surface area contributed by atoms with E-state index in [1.165, 1.54) is 37.8 Å². The first kappa shape index (κ1) is 16.6. The van der Waals surface area contributed by atoms with Gasteiger partial charge in [0, 0.05) is 24.9 Å². The molecule has 4 heteroatoms. The van der Waals surface area contributed by atoms with Gasteiger partial charge in [0.25, 0.3) is 0 Å². The number of amides is 1. The summed E-state index contributed by atoms with van der Waals surface area (Å²) in [4.78, 5) is 17.1. The molecule has 2 aromatic rings. The van der Waals surface area contributed by atoms with Crippen LogP contribution in [0.25, 0.3) is 0 Å². The van der Waals surface area contributed by atoms with Gasteiger partial charge in [-0.05, 0) is 48.6 Å². The van der Waals surface area contributed by atoms with Crippen LogP contribution in [0.15, 0.2) is 48.7 Å². The van der Waals surface area contributed by atoms with E-state index in [0.717, 1.165) is 17.8 Å². The Morgan fingerprint density at radius 1 is 1.17 bits per heavy atom. The number of nitrogens with zero attached hydrogens (tertiary/aromatic N) is 1. The van der Waals surface area contributed by atoms with E-state index in [1.54, 1.807) is 18.3 Å². The number of pyridine rings is 1. The fourth-order valence-corrected chi connectivity index (χ4v) is 3.37. The molecule has 1 aliphatic carbocycles. The largest absolute Gasteiger partial charge is 0.355 e. The van der Waals surface area contributed by atoms with E-state index < -0.39 is 0 Å². The summed E-state index contributed by atoms with van der Waals surface area (Å²) < 4.78 is 13.2. The Labute approximate surface area is 142 Å². The minimum atomic E-state index is -0.345. The molecule has 1 saturated carbocycles. The first-order valence-corrected chi connectivity index (χ1v) is 8.65. The second-order valence-corrected chi connectivity index (χ2v) is 6.52. The van der Waals surface area contributed by atoms with Gasteiger partial charge in [-0.15, -0.1) is 0 Å². The molecule has 1 aromatic heterocycles. The van der Waals surface area contributed by atoms with Gasteiger partial charge in [0.05, 0.1) is 5.92 Å². The summed E-state index contributed by atoms with van der Waals surface area (Å²) in [7, 11) is 0. The number of benzene rings is 1. The van der Waals surface area contributed by atoms with Crippen molar-refractivity contribution in [2.45, 2.75) is 38.0 Å². The zero-order valence-electron chi connectivity index (χ0n) is 13.7. The van der Waals surface area contributed by atoms with Crippen molar-refractivity contribution in [2.24, 2.45) is 5.92 Å². The van der Waals surface area contributed by atoms with Gasteiger partial charge in [-0.3, -0.25) is 9.78 Å². The molecule has 1 heterocycles. The molecular formula is C20H23FN2O. The lowest BCUT2D eigenvalue weighted by atomic mass is 9.92. The monoisotopic (exact) mass is 326 g/mol. The van der Waals surface area contributed by atoms with Crippen LogP contribution >= 0.6 is 0 Å². The molecule has 3 nitrogen and oxygen atoms in total. The third-order valence-electron chi connectivity index (χ3n) is 4.77. The second-order valence-electron chi connectivity index (χ2n) is 6.52. The Morgan fingerprint density at radius 3 is 2.58 bits per heavy atom. The zero-order valence-corrected chi connectivity index (χ0v) is 13.7. The molecule has 1 atom stereocenters. The van der Waals surface area contributed by atoms with Crippen molar-refractivity contribution in [1.82, 2.24) is 10.3 Å². The van der Waals surface area contributed by atoms with Gasteiger partial charge in [0.1, 0.15) is 5.82 Å². The maximum absolute atomic E-state index is 13.2. The SMILES string of the molecule is O=C(NCC1CCCC1)C(Cc1ccccn1)c1ccc(F)cc1. The van der Waals surface area contributed by atoms with Gasteiger partial charge >= 0.3 is 0 Å². The topological polar surface area (TPSA) is 42.0 Å². The van der Waals surface area contributed by atoms with Crippen LogP contribution in [0.3, 0.4) is 0 Å². The predicted octanol–water partition coefficient (Wildman–Crippen LogP) is 3.85. The lowest BCUT2D eigenvalue weighted by Crippen LogP contribution is -2.34. The predicted molar refractivity (Wildman–Crippen MR) is 92.0 cm³/mol. The van der Waals surface area contributed by atoms with Crippen molar-refractivity contribution >= 4 is 5.91 Å². The van der Waals surface area contributed by atoms with Gasteiger partial charge in [0.15, 0.2) is 0 Å². The van der Waals surface area contributed by atoms with E-state index in [2.05, 4.69) is 10.3 Å². The standard InChI is InChI=1S/C20H23FN2O/c21-17-10-8-16(9-11-17)19(13-18-7-3-4-12-22-18)20(24)23-14-15-5-1-2-6-15/h3-4,7-12,15,19H,1-2,5-6,13-14H2,(H,23,24). The highest BCUT2D eigenvalue weighted by Gasteiger charge is 2.23. The highest BCUT2D eigenvalue weighted by atomic mass is 19.1. The van der Waals surface area contributed by atoms with Gasteiger partial charge in [0.2, 0.25) is 5.91 Å². The highest BCUT2D eigenvalue weighted by molar-refractivity contribution is 5.83. The van der Waals surface area contributed by atoms with Crippen LogP contribution in [0, 0.1) is 11.7 Å². The third kappa shape index (κ3) is 4.40. The number of nitrogens with one attached hydrogen (secondary N) is 1. The van der Waals surface area contributed by atoms with Crippen LogP contribution in [0.4, 0.5) is 4.39 Å². The molecule has 126 valence electrons. The molecule has 1 aromatic carbocycles. The Balaban J connectivity index is 1.72. The third-order valence-corrected chi connectivity index (χ3v) is 4.77. The molecule has 0 radical (unpaired) electrons. The van der Waals surface area contributed by atoms with Crippen LogP contribution in [-0.4, -0.2) is 17.4 Å². The molecule has 1 aliphatic rings. The summed E-state index contributed by atoms with van der Waals surface area (Å²) >= 11 is 0. The summed E-state index contributed by atoms with van der Waals surface area (Å²) in [5, 5.41) is 3.10. The fraction of sp³-hybridized carbons (Fsp3) is 0.400. The number of carbonyl (C=O) groups is 1. The van der Waals surface area contributed by atoms with E-state index in [4.69, 9.17) is 0 Å². The minimum Gasteiger partial charge on any atom is -0.355 e. The molecule has 0 saturated heterocycles. The Bertz CT molecular complexity index is 651. The number of hydrogen-bond donors (Lipinski definition) is 1. The Hall–Kier alpha value is -2.23. The van der Waals surface area contributed by atoms with Crippen molar-refractivity contribution in [2.75, 3.05) is 6.54 Å². The van der Waals surface area contributed by atoms with E-state index in [0.29, 0.717) is 12.3 Å². The van der Waals surface area contributed by atoms with E-state index in [9.17, 15) is 9.18 Å². The van der Waals surface area contributed by atoms with Crippen molar-refractivity contribution in [3.05, 3.63) is 65.7 Å². The lowest BCUT2D eigenvalue weighted by molar-refractivity contribution is -0.122. The molecule has 3 rings (SSSR count). The smallest absolute Gasteiger partial charge is 0.227 e. The van der Waals surface area contributed by atoms with Crippen molar-refractivity contribution < 1.29 is 9.18 Å². The van der Waals surface area contributed by atoms with E-state index in [1.807, 2.05) is 18.2 Å². The molecule has 1 amide bonds. The fourth-order valence-electron chi connectivity index (χ4n) is 3.37. The molecule has 1 N–H and O–H groups in total. The van der Waals surface area contributed by atoms with E-state index >= 15 is 0 Å². The first-order valence-electron chi connectivity index (χ1n) is 8.65. The van der Waals surface area contributed by atoms with Crippen LogP contribution in [0.2, 0.25) is 0 Å². The normalized spacial score (nSPS) is 16.0. The summed E-state index contributed by atoms with van der Waals surface area (Å²) in [6.45, 7) is 0.735. The molecule has 1 fully saturated rings. The molecular weight excluding hydrogens is 303 g/mol. The summed E-state index contributed by atoms with van der Waals surface area (Å²) in [6.07, 6.45) is 7.16.